The molecular weight excluding hydrogens is 258 g/mol. The van der Waals surface area contributed by atoms with E-state index in [1.54, 1.807) is 18.0 Å². The summed E-state index contributed by atoms with van der Waals surface area (Å²) in [6.07, 6.45) is 1.69. The summed E-state index contributed by atoms with van der Waals surface area (Å²) in [4.78, 5) is 4.28. The Hall–Kier alpha value is -1.77. The molecule has 4 nitrogen and oxygen atoms in total. The fourth-order valence-corrected chi connectivity index (χ4v) is 2.82. The first-order valence-corrected chi connectivity index (χ1v) is 6.88. The Bertz CT molecular complexity index is 628. The van der Waals surface area contributed by atoms with Gasteiger partial charge in [-0.1, -0.05) is 17.8 Å². The molecule has 0 amide bonds. The fourth-order valence-electron chi connectivity index (χ4n) is 1.78. The Morgan fingerprint density at radius 1 is 1.47 bits per heavy atom. The Labute approximate surface area is 116 Å². The van der Waals surface area contributed by atoms with Crippen molar-refractivity contribution >= 4 is 11.8 Å². The van der Waals surface area contributed by atoms with Crippen molar-refractivity contribution in [3.63, 3.8) is 0 Å². The van der Waals surface area contributed by atoms with Crippen molar-refractivity contribution in [3.8, 4) is 6.07 Å². The molecule has 0 saturated carbocycles. The minimum Gasteiger partial charge on any atom is -0.390 e. The van der Waals surface area contributed by atoms with E-state index in [1.807, 2.05) is 36.7 Å². The molecule has 0 fully saturated rings. The summed E-state index contributed by atoms with van der Waals surface area (Å²) in [6, 6.07) is 7.85. The second-order valence-electron chi connectivity index (χ2n) is 4.29. The van der Waals surface area contributed by atoms with E-state index in [0.29, 0.717) is 5.56 Å². The predicted octanol–water partition coefficient (Wildman–Crippen LogP) is 2.38. The highest BCUT2D eigenvalue weighted by molar-refractivity contribution is 7.98. The number of aliphatic hydroxyl groups excluding tert-OH is 1. The van der Waals surface area contributed by atoms with Gasteiger partial charge in [0.25, 0.3) is 0 Å². The molecule has 0 atom stereocenters. The molecule has 0 spiro atoms. The van der Waals surface area contributed by atoms with Gasteiger partial charge < -0.3 is 9.67 Å². The van der Waals surface area contributed by atoms with Crippen LogP contribution in [-0.4, -0.2) is 14.7 Å². The molecule has 0 bridgehead atoms. The van der Waals surface area contributed by atoms with E-state index in [0.717, 1.165) is 22.2 Å². The summed E-state index contributed by atoms with van der Waals surface area (Å²) in [7, 11) is 1.90. The molecule has 1 aromatic carbocycles. The van der Waals surface area contributed by atoms with Gasteiger partial charge in [-0.2, -0.15) is 5.26 Å². The molecule has 0 radical (unpaired) electrons. The molecular formula is C14H15N3OS. The fraction of sp³-hybridized carbons (Fsp3) is 0.286. The average Bonchev–Trinajstić information content (AvgIpc) is 2.78. The second-order valence-corrected chi connectivity index (χ2v) is 5.23. The number of nitriles is 1. The van der Waals surface area contributed by atoms with Crippen molar-refractivity contribution < 1.29 is 5.11 Å². The quantitative estimate of drug-likeness (QED) is 0.869. The Kier molecular flexibility index (Phi) is 4.25. The lowest BCUT2D eigenvalue weighted by atomic mass is 10.1. The van der Waals surface area contributed by atoms with Crippen molar-refractivity contribution in [2.24, 2.45) is 7.05 Å². The van der Waals surface area contributed by atoms with Gasteiger partial charge in [0.1, 0.15) is 0 Å². The van der Waals surface area contributed by atoms with Crippen LogP contribution in [-0.2, 0) is 19.4 Å². The predicted molar refractivity (Wildman–Crippen MR) is 74.6 cm³/mol. The van der Waals surface area contributed by atoms with Crippen molar-refractivity contribution in [1.82, 2.24) is 9.55 Å². The zero-order chi connectivity index (χ0) is 13.8. The van der Waals surface area contributed by atoms with Gasteiger partial charge in [0.15, 0.2) is 5.16 Å². The number of imidazole rings is 1. The summed E-state index contributed by atoms with van der Waals surface area (Å²) in [5.41, 5.74) is 3.80. The highest BCUT2D eigenvalue weighted by atomic mass is 32.2. The van der Waals surface area contributed by atoms with Crippen molar-refractivity contribution in [3.05, 3.63) is 46.8 Å². The van der Waals surface area contributed by atoms with Crippen LogP contribution in [0.15, 0.2) is 29.6 Å². The van der Waals surface area contributed by atoms with Crippen LogP contribution in [0.3, 0.4) is 0 Å². The summed E-state index contributed by atoms with van der Waals surface area (Å²) < 4.78 is 1.89. The van der Waals surface area contributed by atoms with Crippen molar-refractivity contribution in [2.45, 2.75) is 24.4 Å². The highest BCUT2D eigenvalue weighted by Gasteiger charge is 2.07. The third-order valence-electron chi connectivity index (χ3n) is 3.03. The third-order valence-corrected chi connectivity index (χ3v) is 4.13. The van der Waals surface area contributed by atoms with Crippen LogP contribution in [0.5, 0.6) is 0 Å². The van der Waals surface area contributed by atoms with Crippen LogP contribution >= 0.6 is 11.8 Å². The molecule has 0 aliphatic heterocycles. The number of rotatable bonds is 4. The highest BCUT2D eigenvalue weighted by Crippen LogP contribution is 2.24. The summed E-state index contributed by atoms with van der Waals surface area (Å²) in [5, 5.41) is 18.8. The number of nitrogens with zero attached hydrogens (tertiary/aromatic N) is 3. The van der Waals surface area contributed by atoms with Gasteiger partial charge in [-0.15, -0.1) is 0 Å². The van der Waals surface area contributed by atoms with E-state index >= 15 is 0 Å². The number of aromatic nitrogens is 2. The topological polar surface area (TPSA) is 61.8 Å². The first-order valence-electron chi connectivity index (χ1n) is 5.89. The van der Waals surface area contributed by atoms with Gasteiger partial charge in [-0.3, -0.25) is 0 Å². The number of hydrogen-bond acceptors (Lipinski definition) is 4. The number of benzene rings is 1. The van der Waals surface area contributed by atoms with Gasteiger partial charge in [0, 0.05) is 12.8 Å². The molecule has 98 valence electrons. The third kappa shape index (κ3) is 2.98. The zero-order valence-corrected chi connectivity index (χ0v) is 11.7. The molecule has 0 aliphatic carbocycles. The minimum atomic E-state index is -0.0000455. The maximum Gasteiger partial charge on any atom is 0.168 e. The average molecular weight is 273 g/mol. The molecule has 1 N–H and O–H groups in total. The molecule has 1 aromatic heterocycles. The van der Waals surface area contributed by atoms with Gasteiger partial charge in [-0.05, 0) is 30.2 Å². The van der Waals surface area contributed by atoms with E-state index in [2.05, 4.69) is 11.1 Å². The van der Waals surface area contributed by atoms with E-state index in [4.69, 9.17) is 10.4 Å². The summed E-state index contributed by atoms with van der Waals surface area (Å²) >= 11 is 1.62. The van der Waals surface area contributed by atoms with Crippen molar-refractivity contribution in [1.29, 1.82) is 5.26 Å². The standard InChI is InChI=1S/C14H15N3OS/c1-10-5-11(6-15)3-4-12(10)9-19-14-16-7-13(8-18)17(14)2/h3-5,7,18H,8-9H2,1-2H3. The number of aliphatic hydroxyl groups is 1. The number of aryl methyl sites for hydroxylation is 1. The van der Waals surface area contributed by atoms with E-state index < -0.39 is 0 Å². The minimum absolute atomic E-state index is 0.0000455. The maximum atomic E-state index is 9.12. The van der Waals surface area contributed by atoms with Gasteiger partial charge in [0.05, 0.1) is 30.1 Å². The molecule has 0 unspecified atom stereocenters. The molecule has 19 heavy (non-hydrogen) atoms. The summed E-state index contributed by atoms with van der Waals surface area (Å²) in [6.45, 7) is 2.01. The van der Waals surface area contributed by atoms with Crippen molar-refractivity contribution in [2.75, 3.05) is 0 Å². The second kappa shape index (κ2) is 5.91. The Balaban J connectivity index is 2.10. The largest absolute Gasteiger partial charge is 0.390 e. The Morgan fingerprint density at radius 2 is 2.26 bits per heavy atom. The normalized spacial score (nSPS) is 10.4. The zero-order valence-electron chi connectivity index (χ0n) is 10.9. The monoisotopic (exact) mass is 273 g/mol. The lowest BCUT2D eigenvalue weighted by Gasteiger charge is -2.07. The molecule has 1 heterocycles. The molecule has 5 heteroatoms. The van der Waals surface area contributed by atoms with Crippen LogP contribution in [0, 0.1) is 18.3 Å². The maximum absolute atomic E-state index is 9.12. The summed E-state index contributed by atoms with van der Waals surface area (Å²) in [5.74, 6) is 0.799. The first-order chi connectivity index (χ1) is 9.15. The van der Waals surface area contributed by atoms with E-state index in [-0.39, 0.29) is 6.61 Å². The van der Waals surface area contributed by atoms with E-state index in [9.17, 15) is 0 Å². The van der Waals surface area contributed by atoms with Crippen LogP contribution in [0.25, 0.3) is 0 Å². The molecule has 2 rings (SSSR count). The smallest absolute Gasteiger partial charge is 0.168 e. The van der Waals surface area contributed by atoms with Gasteiger partial charge in [0.2, 0.25) is 0 Å². The first kappa shape index (κ1) is 13.7. The molecule has 0 saturated heterocycles. The van der Waals surface area contributed by atoms with Gasteiger partial charge in [-0.25, -0.2) is 4.98 Å². The molecule has 2 aromatic rings. The molecule has 0 aliphatic rings. The SMILES string of the molecule is Cc1cc(C#N)ccc1CSc1ncc(CO)n1C. The van der Waals surface area contributed by atoms with Crippen LogP contribution in [0.2, 0.25) is 0 Å². The van der Waals surface area contributed by atoms with Crippen LogP contribution in [0.1, 0.15) is 22.4 Å². The lowest BCUT2D eigenvalue weighted by Crippen LogP contribution is -1.97. The Morgan fingerprint density at radius 3 is 2.84 bits per heavy atom. The number of thioether (sulfide) groups is 1. The van der Waals surface area contributed by atoms with Gasteiger partial charge >= 0.3 is 0 Å². The number of hydrogen-bond donors (Lipinski definition) is 1. The lowest BCUT2D eigenvalue weighted by molar-refractivity contribution is 0.271. The van der Waals surface area contributed by atoms with E-state index in [1.165, 1.54) is 5.56 Å². The van der Waals surface area contributed by atoms with Crippen LogP contribution < -0.4 is 0 Å². The van der Waals surface area contributed by atoms with Crippen LogP contribution in [0.4, 0.5) is 0 Å².